The number of benzene rings is 3. The molecule has 1 saturated carbocycles. The number of alkyl halides is 2. The number of hydrogen-bond donors (Lipinski definition) is 2. The number of aliphatic hydroxyl groups is 1. The summed E-state index contributed by atoms with van der Waals surface area (Å²) in [5.74, 6) is -2.79. The molecule has 0 aromatic heterocycles. The van der Waals surface area contributed by atoms with Gasteiger partial charge in [-0.1, -0.05) is 56.7 Å². The van der Waals surface area contributed by atoms with Crippen molar-refractivity contribution in [3.8, 4) is 16.9 Å². The van der Waals surface area contributed by atoms with Gasteiger partial charge < -0.3 is 14.9 Å². The van der Waals surface area contributed by atoms with Crippen LogP contribution in [0.15, 0.2) is 54.6 Å². The van der Waals surface area contributed by atoms with Crippen LogP contribution >= 0.6 is 0 Å². The lowest BCUT2D eigenvalue weighted by Gasteiger charge is -2.30. The van der Waals surface area contributed by atoms with Gasteiger partial charge in [-0.15, -0.1) is 0 Å². The fourth-order valence-electron chi connectivity index (χ4n) is 5.36. The number of ether oxygens (including phenoxy) is 1. The zero-order valence-corrected chi connectivity index (χ0v) is 21.2. The number of aliphatic hydroxyl groups excluding tert-OH is 1. The highest BCUT2D eigenvalue weighted by Crippen LogP contribution is 2.51. The first-order valence-electron chi connectivity index (χ1n) is 12.5. The monoisotopic (exact) mass is 530 g/mol. The average Bonchev–Trinajstić information content (AvgIpc) is 3.21. The highest BCUT2D eigenvalue weighted by molar-refractivity contribution is 5.70. The Kier molecular flexibility index (Phi) is 8.11. The zero-order valence-electron chi connectivity index (χ0n) is 21.2. The van der Waals surface area contributed by atoms with Gasteiger partial charge in [-0.2, -0.15) is 0 Å². The van der Waals surface area contributed by atoms with Crippen molar-refractivity contribution in [3.05, 3.63) is 88.5 Å². The molecule has 0 amide bonds. The topological polar surface area (TPSA) is 66.8 Å². The fraction of sp³-hybridized carbons (Fsp3) is 0.367. The van der Waals surface area contributed by atoms with Crippen LogP contribution < -0.4 is 4.74 Å². The molecule has 3 aromatic rings. The molecule has 2 N–H and O–H groups in total. The summed E-state index contributed by atoms with van der Waals surface area (Å²) in [5.41, 5.74) is 1.62. The summed E-state index contributed by atoms with van der Waals surface area (Å²) in [5, 5.41) is 18.9. The van der Waals surface area contributed by atoms with Crippen molar-refractivity contribution in [1.29, 1.82) is 0 Å². The zero-order chi connectivity index (χ0) is 27.6. The van der Waals surface area contributed by atoms with Gasteiger partial charge in [0.05, 0.1) is 12.5 Å². The van der Waals surface area contributed by atoms with E-state index in [2.05, 4.69) is 13.8 Å². The molecule has 0 saturated heterocycles. The molecule has 1 aliphatic carbocycles. The van der Waals surface area contributed by atoms with Crippen molar-refractivity contribution in [2.24, 2.45) is 5.41 Å². The van der Waals surface area contributed by atoms with Crippen molar-refractivity contribution >= 4 is 5.97 Å². The first kappa shape index (κ1) is 27.6. The lowest BCUT2D eigenvalue weighted by Crippen LogP contribution is -2.17. The van der Waals surface area contributed by atoms with E-state index in [0.717, 1.165) is 37.0 Å². The van der Waals surface area contributed by atoms with Crippen molar-refractivity contribution < 1.29 is 37.3 Å². The molecule has 202 valence electrons. The van der Waals surface area contributed by atoms with E-state index in [1.54, 1.807) is 12.1 Å². The molecule has 1 fully saturated rings. The maximum atomic E-state index is 15.0. The second kappa shape index (κ2) is 11.2. The summed E-state index contributed by atoms with van der Waals surface area (Å²) >= 11 is 0. The van der Waals surface area contributed by atoms with Crippen LogP contribution in [0.5, 0.6) is 5.75 Å². The Morgan fingerprint density at radius 2 is 1.84 bits per heavy atom. The smallest absolute Gasteiger partial charge is 0.306 e. The number of carboxylic acids is 1. The van der Waals surface area contributed by atoms with Gasteiger partial charge in [0.25, 0.3) is 6.43 Å². The van der Waals surface area contributed by atoms with Gasteiger partial charge in [-0.05, 0) is 59.1 Å². The molecular formula is C30H30F4O4. The Balaban J connectivity index is 1.68. The Morgan fingerprint density at radius 3 is 2.50 bits per heavy atom. The quantitative estimate of drug-likeness (QED) is 0.276. The number of halogens is 4. The molecule has 2 atom stereocenters. The number of carbonyl (C=O) groups is 1. The minimum atomic E-state index is -2.73. The SMILES string of the molecule is CC1(C)CCC[C@H]1c1cc(COc2cccc([C@H](O)CC(=O)O)c2F)ccc1-c1cc(C(F)F)ccc1F. The molecule has 0 heterocycles. The third-order valence-electron chi connectivity index (χ3n) is 7.40. The van der Waals surface area contributed by atoms with Crippen molar-refractivity contribution in [2.75, 3.05) is 0 Å². The van der Waals surface area contributed by atoms with Crippen LogP contribution in [0, 0.1) is 17.0 Å². The predicted molar refractivity (Wildman–Crippen MR) is 135 cm³/mol. The Morgan fingerprint density at radius 1 is 1.08 bits per heavy atom. The fourth-order valence-corrected chi connectivity index (χ4v) is 5.36. The van der Waals surface area contributed by atoms with Crippen LogP contribution in [0.4, 0.5) is 17.6 Å². The standard InChI is InChI=1S/C30H30F4O4/c1-30(2)12-4-6-23(30)21-13-17(8-10-19(21)22-14-18(29(33)34)9-11-24(22)31)16-38-26-7-3-5-20(28(26)32)25(35)15-27(36)37/h3,5,7-11,13-14,23,25,29,35H,4,6,12,15-16H2,1-2H3,(H,36,37)/t23-,25+/m0/s1. The van der Waals surface area contributed by atoms with Crippen LogP contribution in [0.2, 0.25) is 0 Å². The summed E-state index contributed by atoms with van der Waals surface area (Å²) in [7, 11) is 0. The normalized spacial score (nSPS) is 17.5. The molecule has 8 heteroatoms. The largest absolute Gasteiger partial charge is 0.486 e. The summed E-state index contributed by atoms with van der Waals surface area (Å²) in [6, 6.07) is 12.7. The minimum Gasteiger partial charge on any atom is -0.486 e. The molecule has 38 heavy (non-hydrogen) atoms. The summed E-state index contributed by atoms with van der Waals surface area (Å²) in [6.07, 6.45) is -2.09. The van der Waals surface area contributed by atoms with E-state index in [1.165, 1.54) is 24.3 Å². The van der Waals surface area contributed by atoms with E-state index in [1.807, 2.05) is 6.07 Å². The van der Waals surface area contributed by atoms with E-state index in [4.69, 9.17) is 9.84 Å². The first-order chi connectivity index (χ1) is 18.0. The van der Waals surface area contributed by atoms with Gasteiger partial charge in [0, 0.05) is 16.7 Å². The lowest BCUT2D eigenvalue weighted by atomic mass is 9.75. The summed E-state index contributed by atoms with van der Waals surface area (Å²) in [4.78, 5) is 10.9. The Hall–Kier alpha value is -3.39. The molecule has 0 bridgehead atoms. The van der Waals surface area contributed by atoms with Gasteiger partial charge >= 0.3 is 5.97 Å². The van der Waals surface area contributed by atoms with Gasteiger partial charge in [0.15, 0.2) is 11.6 Å². The second-order valence-corrected chi connectivity index (χ2v) is 10.5. The van der Waals surface area contributed by atoms with Gasteiger partial charge in [0.1, 0.15) is 12.4 Å². The highest BCUT2D eigenvalue weighted by atomic mass is 19.3. The van der Waals surface area contributed by atoms with Crippen molar-refractivity contribution in [3.63, 3.8) is 0 Å². The number of aliphatic carboxylic acids is 1. The van der Waals surface area contributed by atoms with Crippen LogP contribution in [0.1, 0.15) is 80.2 Å². The molecule has 4 nitrogen and oxygen atoms in total. The van der Waals surface area contributed by atoms with Crippen molar-refractivity contribution in [1.82, 2.24) is 0 Å². The molecule has 0 radical (unpaired) electrons. The Bertz CT molecular complexity index is 1320. The molecule has 1 aliphatic rings. The summed E-state index contributed by atoms with van der Waals surface area (Å²) < 4.78 is 62.4. The summed E-state index contributed by atoms with van der Waals surface area (Å²) in [6.45, 7) is 4.22. The number of hydrogen-bond acceptors (Lipinski definition) is 3. The van der Waals surface area contributed by atoms with Crippen LogP contribution in [-0.2, 0) is 11.4 Å². The van der Waals surface area contributed by atoms with E-state index in [9.17, 15) is 27.5 Å². The second-order valence-electron chi connectivity index (χ2n) is 10.5. The first-order valence-corrected chi connectivity index (χ1v) is 12.5. The third kappa shape index (κ3) is 5.85. The van der Waals surface area contributed by atoms with Gasteiger partial charge in [-0.3, -0.25) is 4.79 Å². The van der Waals surface area contributed by atoms with Crippen LogP contribution in [0.25, 0.3) is 11.1 Å². The maximum absolute atomic E-state index is 15.0. The third-order valence-corrected chi connectivity index (χ3v) is 7.40. The number of rotatable bonds is 9. The van der Waals surface area contributed by atoms with Crippen LogP contribution in [-0.4, -0.2) is 16.2 Å². The van der Waals surface area contributed by atoms with E-state index >= 15 is 0 Å². The molecule has 0 aliphatic heterocycles. The predicted octanol–water partition coefficient (Wildman–Crippen LogP) is 7.95. The molecular weight excluding hydrogens is 500 g/mol. The average molecular weight is 531 g/mol. The number of carboxylic acid groups (broad SMARTS) is 1. The van der Waals surface area contributed by atoms with Gasteiger partial charge in [0.2, 0.25) is 0 Å². The molecule has 3 aromatic carbocycles. The molecule has 4 rings (SSSR count). The maximum Gasteiger partial charge on any atom is 0.306 e. The van der Waals surface area contributed by atoms with Gasteiger partial charge in [-0.25, -0.2) is 17.6 Å². The van der Waals surface area contributed by atoms with E-state index in [-0.39, 0.29) is 40.4 Å². The minimum absolute atomic E-state index is 0.0462. The van der Waals surface area contributed by atoms with E-state index < -0.39 is 36.6 Å². The lowest BCUT2D eigenvalue weighted by molar-refractivity contribution is -0.139. The van der Waals surface area contributed by atoms with E-state index in [0.29, 0.717) is 11.1 Å². The highest BCUT2D eigenvalue weighted by Gasteiger charge is 2.37. The van der Waals surface area contributed by atoms with Crippen LogP contribution in [0.3, 0.4) is 0 Å². The Labute approximate surface area is 218 Å². The molecule has 0 spiro atoms. The van der Waals surface area contributed by atoms with Crippen molar-refractivity contribution in [2.45, 2.75) is 64.6 Å². The molecule has 0 unspecified atom stereocenters.